The summed E-state index contributed by atoms with van der Waals surface area (Å²) in [5.41, 5.74) is 14.7. The fraction of sp³-hybridized carbons (Fsp3) is 0. The summed E-state index contributed by atoms with van der Waals surface area (Å²) in [6.45, 7) is 0. The Morgan fingerprint density at radius 3 is 1.25 bits per heavy atom. The van der Waals surface area contributed by atoms with Crippen LogP contribution >= 0.6 is 0 Å². The van der Waals surface area contributed by atoms with E-state index in [1.54, 1.807) is 0 Å². The van der Waals surface area contributed by atoms with Crippen molar-refractivity contribution < 1.29 is 4.42 Å². The molecule has 2 heterocycles. The van der Waals surface area contributed by atoms with Crippen LogP contribution in [0.4, 0.5) is 51.2 Å². The van der Waals surface area contributed by atoms with Crippen molar-refractivity contribution in [3.8, 4) is 5.69 Å². The lowest BCUT2D eigenvalue weighted by molar-refractivity contribution is 0.673. The zero-order chi connectivity index (χ0) is 48.2. The Kier molecular flexibility index (Phi) is 10.1. The van der Waals surface area contributed by atoms with Gasteiger partial charge in [0.2, 0.25) is 0 Å². The Morgan fingerprint density at radius 2 is 0.658 bits per heavy atom. The van der Waals surface area contributed by atoms with Crippen molar-refractivity contribution in [2.24, 2.45) is 0 Å². The molecule has 12 aromatic carbocycles. The molecule has 14 rings (SSSR count). The van der Waals surface area contributed by atoms with Crippen molar-refractivity contribution in [1.29, 1.82) is 0 Å². The van der Waals surface area contributed by atoms with Crippen LogP contribution in [0.25, 0.3) is 71.0 Å². The summed E-state index contributed by atoms with van der Waals surface area (Å²) in [6.07, 6.45) is 0. The number of para-hydroxylation sites is 6. The van der Waals surface area contributed by atoms with Crippen molar-refractivity contribution in [3.63, 3.8) is 0 Å². The zero-order valence-corrected chi connectivity index (χ0v) is 39.8. The minimum absolute atomic E-state index is 0.881. The summed E-state index contributed by atoms with van der Waals surface area (Å²) in [5.74, 6) is 0. The molecule has 0 aliphatic heterocycles. The molecular weight excluding hydrogens is 889 g/mol. The topological polar surface area (TPSA) is 27.8 Å². The Balaban J connectivity index is 1.02. The minimum Gasteiger partial charge on any atom is -0.455 e. The van der Waals surface area contributed by atoms with Crippen molar-refractivity contribution in [2.45, 2.75) is 0 Å². The summed E-state index contributed by atoms with van der Waals surface area (Å²) in [4.78, 5) is 7.09. The van der Waals surface area contributed by atoms with Gasteiger partial charge in [-0.3, -0.25) is 0 Å². The molecule has 0 atom stereocenters. The third kappa shape index (κ3) is 7.17. The van der Waals surface area contributed by atoms with Gasteiger partial charge in [-0.25, -0.2) is 0 Å². The summed E-state index contributed by atoms with van der Waals surface area (Å²) in [5, 5.41) is 9.14. The summed E-state index contributed by atoms with van der Waals surface area (Å²) in [7, 11) is 0. The van der Waals surface area contributed by atoms with Gasteiger partial charge in [-0.15, -0.1) is 0 Å². The predicted octanol–water partition coefficient (Wildman–Crippen LogP) is 19.4. The molecule has 0 aliphatic carbocycles. The maximum absolute atomic E-state index is 6.75. The van der Waals surface area contributed by atoms with Gasteiger partial charge < -0.3 is 23.7 Å². The van der Waals surface area contributed by atoms with Crippen LogP contribution in [0.3, 0.4) is 0 Å². The van der Waals surface area contributed by atoms with E-state index in [1.165, 1.54) is 5.39 Å². The monoisotopic (exact) mass is 934 g/mol. The quantitative estimate of drug-likeness (QED) is 0.128. The van der Waals surface area contributed by atoms with Crippen LogP contribution in [0, 0.1) is 0 Å². The first-order chi connectivity index (χ1) is 36.2. The molecule has 0 fully saturated rings. The summed E-state index contributed by atoms with van der Waals surface area (Å²) >= 11 is 0. The highest BCUT2D eigenvalue weighted by Gasteiger charge is 2.23. The molecule has 2 aromatic heterocycles. The van der Waals surface area contributed by atoms with E-state index in [0.29, 0.717) is 0 Å². The van der Waals surface area contributed by atoms with Gasteiger partial charge in [-0.05, 0) is 144 Å². The van der Waals surface area contributed by atoms with E-state index in [0.717, 1.165) is 117 Å². The van der Waals surface area contributed by atoms with Crippen molar-refractivity contribution in [3.05, 3.63) is 279 Å². The van der Waals surface area contributed by atoms with Crippen molar-refractivity contribution in [1.82, 2.24) is 4.57 Å². The normalized spacial score (nSPS) is 11.6. The third-order valence-electron chi connectivity index (χ3n) is 14.3. The highest BCUT2D eigenvalue weighted by Crippen LogP contribution is 2.47. The van der Waals surface area contributed by atoms with E-state index in [1.807, 2.05) is 0 Å². The van der Waals surface area contributed by atoms with Crippen LogP contribution in [0.5, 0.6) is 0 Å². The Bertz CT molecular complexity index is 4240. The maximum Gasteiger partial charge on any atom is 0.143 e. The second-order valence-corrected chi connectivity index (χ2v) is 18.5. The first kappa shape index (κ1) is 42.1. The summed E-state index contributed by atoms with van der Waals surface area (Å²) < 4.78 is 9.16. The molecule has 0 unspecified atom stereocenters. The Labute approximate surface area is 422 Å². The highest BCUT2D eigenvalue weighted by molar-refractivity contribution is 6.30. The van der Waals surface area contributed by atoms with Gasteiger partial charge in [0, 0.05) is 83.8 Å². The summed E-state index contributed by atoms with van der Waals surface area (Å²) in [6, 6.07) is 100. The molecule has 0 spiro atoms. The molecule has 73 heavy (non-hydrogen) atoms. The lowest BCUT2D eigenvalue weighted by atomic mass is 9.96. The molecule has 5 nitrogen and oxygen atoms in total. The molecule has 0 radical (unpaired) electrons. The first-order valence-electron chi connectivity index (χ1n) is 24.8. The molecule has 0 aliphatic rings. The van der Waals surface area contributed by atoms with Crippen molar-refractivity contribution >= 4 is 116 Å². The van der Waals surface area contributed by atoms with Crippen LogP contribution in [0.15, 0.2) is 283 Å². The van der Waals surface area contributed by atoms with Gasteiger partial charge >= 0.3 is 0 Å². The van der Waals surface area contributed by atoms with Gasteiger partial charge in [0.15, 0.2) is 0 Å². The Morgan fingerprint density at radius 1 is 0.247 bits per heavy atom. The lowest BCUT2D eigenvalue weighted by Gasteiger charge is -2.29. The number of fused-ring (bicyclic) bond motifs is 11. The number of rotatable bonds is 10. The number of furan rings is 1. The number of aromatic nitrogens is 1. The fourth-order valence-electron chi connectivity index (χ4n) is 11.1. The minimum atomic E-state index is 0.881. The van der Waals surface area contributed by atoms with E-state index >= 15 is 0 Å². The number of hydrogen-bond donors (Lipinski definition) is 0. The van der Waals surface area contributed by atoms with Crippen LogP contribution < -0.4 is 14.7 Å². The smallest absolute Gasteiger partial charge is 0.143 e. The maximum atomic E-state index is 6.75. The van der Waals surface area contributed by atoms with E-state index in [4.69, 9.17) is 4.42 Å². The van der Waals surface area contributed by atoms with E-state index in [2.05, 4.69) is 298 Å². The zero-order valence-electron chi connectivity index (χ0n) is 39.8. The predicted molar refractivity (Wildman–Crippen MR) is 307 cm³/mol. The SMILES string of the molecule is c1ccc(N(c2ccccc2)c2cccc(N(c3ccc4c5ccccc5c5oc6ccccc6c5c4c3)c3ccc4c(c3)c3ccc(N(c5ccccc5)c5ccccc5)cc3n4-c3ccccc3)c2)cc1. The molecule has 5 heteroatoms. The van der Waals surface area contributed by atoms with Gasteiger partial charge in [-0.2, -0.15) is 0 Å². The van der Waals surface area contributed by atoms with Crippen LogP contribution in [-0.2, 0) is 0 Å². The fourth-order valence-corrected chi connectivity index (χ4v) is 11.1. The highest BCUT2D eigenvalue weighted by atomic mass is 16.3. The average Bonchev–Trinajstić information content (AvgIpc) is 4.01. The average molecular weight is 935 g/mol. The number of benzene rings is 12. The molecule has 0 amide bonds. The second-order valence-electron chi connectivity index (χ2n) is 18.5. The molecule has 0 bridgehead atoms. The number of nitrogens with zero attached hydrogens (tertiary/aromatic N) is 4. The molecule has 14 aromatic rings. The molecule has 344 valence electrons. The number of anilines is 9. The van der Waals surface area contributed by atoms with Gasteiger partial charge in [0.25, 0.3) is 0 Å². The van der Waals surface area contributed by atoms with E-state index in [-0.39, 0.29) is 0 Å². The molecular formula is C68H46N4O. The first-order valence-corrected chi connectivity index (χ1v) is 24.8. The second kappa shape index (κ2) is 17.5. The molecule has 0 saturated carbocycles. The Hall–Kier alpha value is -9.84. The van der Waals surface area contributed by atoms with Gasteiger partial charge in [0.1, 0.15) is 11.2 Å². The van der Waals surface area contributed by atoms with Crippen molar-refractivity contribution in [2.75, 3.05) is 14.7 Å². The van der Waals surface area contributed by atoms with Crippen LogP contribution in [0.2, 0.25) is 0 Å². The number of hydrogen-bond acceptors (Lipinski definition) is 4. The van der Waals surface area contributed by atoms with Crippen LogP contribution in [-0.4, -0.2) is 4.57 Å². The van der Waals surface area contributed by atoms with E-state index in [9.17, 15) is 0 Å². The largest absolute Gasteiger partial charge is 0.455 e. The molecule has 0 N–H and O–H groups in total. The standard InChI is InChI=1S/C68H46N4O/c1-6-21-47(22-7-1)69(48-23-8-2-9-24-48)52-31-20-32-53(43-52)71(54-37-40-58-57-33-16-17-34-60(57)68-67(63(58)45-54)61-35-18-19-36-66(61)73-68)55-39-42-64-62(44-55)59-41-38-56(46-65(59)72(64)51-29-14-5-15-30-51)70(49-25-10-3-11-26-49)50-27-12-4-13-28-50/h1-46H. The third-order valence-corrected chi connectivity index (χ3v) is 14.3. The van der Waals surface area contributed by atoms with E-state index < -0.39 is 0 Å². The van der Waals surface area contributed by atoms with Crippen LogP contribution in [0.1, 0.15) is 0 Å². The van der Waals surface area contributed by atoms with Gasteiger partial charge in [0.05, 0.1) is 11.0 Å². The van der Waals surface area contributed by atoms with Gasteiger partial charge in [-0.1, -0.05) is 152 Å². The lowest BCUT2D eigenvalue weighted by Crippen LogP contribution is -2.13. The molecule has 0 saturated heterocycles.